The summed E-state index contributed by atoms with van der Waals surface area (Å²) in [4.78, 5) is 0. The molecule has 1 aliphatic rings. The van der Waals surface area contributed by atoms with Gasteiger partial charge in [0.2, 0.25) is 0 Å². The van der Waals surface area contributed by atoms with Gasteiger partial charge in [0, 0.05) is 12.5 Å². The van der Waals surface area contributed by atoms with Crippen LogP contribution >= 0.6 is 0 Å². The first-order valence-electron chi connectivity index (χ1n) is 4.27. The van der Waals surface area contributed by atoms with E-state index in [0.717, 1.165) is 13.2 Å². The lowest BCUT2D eigenvalue weighted by Gasteiger charge is -2.19. The highest BCUT2D eigenvalue weighted by molar-refractivity contribution is 5.21. The summed E-state index contributed by atoms with van der Waals surface area (Å²) in [6.45, 7) is 7.67. The van der Waals surface area contributed by atoms with Crippen LogP contribution in [0.3, 0.4) is 0 Å². The van der Waals surface area contributed by atoms with Gasteiger partial charge in [-0.25, -0.2) is 0 Å². The molecule has 0 bridgehead atoms. The van der Waals surface area contributed by atoms with Crippen LogP contribution in [0.1, 0.15) is 19.8 Å². The van der Waals surface area contributed by atoms with Gasteiger partial charge in [0.15, 0.2) is 0 Å². The number of rotatable bonds is 3. The molecule has 11 heavy (non-hydrogen) atoms. The second-order valence-electron chi connectivity index (χ2n) is 2.91. The van der Waals surface area contributed by atoms with E-state index in [1.54, 1.807) is 0 Å². The molecule has 1 heteroatoms. The van der Waals surface area contributed by atoms with Crippen LogP contribution in [0.2, 0.25) is 0 Å². The van der Waals surface area contributed by atoms with Crippen molar-refractivity contribution in [2.75, 3.05) is 13.2 Å². The van der Waals surface area contributed by atoms with Crippen molar-refractivity contribution in [3.05, 3.63) is 24.3 Å². The van der Waals surface area contributed by atoms with E-state index >= 15 is 0 Å². The monoisotopic (exact) mass is 152 g/mol. The van der Waals surface area contributed by atoms with Gasteiger partial charge in [0.25, 0.3) is 0 Å². The van der Waals surface area contributed by atoms with Crippen molar-refractivity contribution in [3.8, 4) is 0 Å². The quantitative estimate of drug-likeness (QED) is 0.604. The van der Waals surface area contributed by atoms with E-state index in [0.29, 0.717) is 5.92 Å². The standard InChI is InChI=1S/C10H16O/c1-3-11-8-10-7-5-4-6-9(10)2/h4,6,10H,2-3,5,7-8H2,1H3. The second-order valence-corrected chi connectivity index (χ2v) is 2.91. The number of allylic oxidation sites excluding steroid dienone is 2. The Labute approximate surface area is 68.8 Å². The van der Waals surface area contributed by atoms with Gasteiger partial charge >= 0.3 is 0 Å². The van der Waals surface area contributed by atoms with Gasteiger partial charge in [-0.3, -0.25) is 0 Å². The molecule has 62 valence electrons. The van der Waals surface area contributed by atoms with Gasteiger partial charge in [-0.05, 0) is 19.8 Å². The molecule has 0 N–H and O–H groups in total. The lowest BCUT2D eigenvalue weighted by Crippen LogP contribution is -2.12. The number of ether oxygens (including phenoxy) is 1. The van der Waals surface area contributed by atoms with E-state index in [9.17, 15) is 0 Å². The minimum atomic E-state index is 0.569. The third kappa shape index (κ3) is 2.51. The molecule has 1 aliphatic carbocycles. The molecule has 0 spiro atoms. The van der Waals surface area contributed by atoms with Gasteiger partial charge in [-0.1, -0.05) is 24.3 Å². The van der Waals surface area contributed by atoms with E-state index < -0.39 is 0 Å². The first-order valence-corrected chi connectivity index (χ1v) is 4.27. The Morgan fingerprint density at radius 1 is 1.73 bits per heavy atom. The van der Waals surface area contributed by atoms with Crippen LogP contribution in [0.4, 0.5) is 0 Å². The Kier molecular flexibility index (Phi) is 3.37. The van der Waals surface area contributed by atoms with E-state index in [4.69, 9.17) is 4.74 Å². The lowest BCUT2D eigenvalue weighted by atomic mass is 9.91. The summed E-state index contributed by atoms with van der Waals surface area (Å²) in [5.74, 6) is 0.569. The normalized spacial score (nSPS) is 24.1. The Morgan fingerprint density at radius 2 is 2.55 bits per heavy atom. The van der Waals surface area contributed by atoms with E-state index in [2.05, 4.69) is 18.7 Å². The molecule has 0 aliphatic heterocycles. The molecule has 0 amide bonds. The Bertz CT molecular complexity index is 158. The molecule has 0 heterocycles. The van der Waals surface area contributed by atoms with Gasteiger partial charge in [-0.2, -0.15) is 0 Å². The van der Waals surface area contributed by atoms with Crippen LogP contribution < -0.4 is 0 Å². The summed E-state index contributed by atoms with van der Waals surface area (Å²) in [6, 6.07) is 0. The predicted octanol–water partition coefficient (Wildman–Crippen LogP) is 2.55. The molecular formula is C10H16O. The molecule has 0 fully saturated rings. The van der Waals surface area contributed by atoms with E-state index in [1.165, 1.54) is 18.4 Å². The maximum Gasteiger partial charge on any atom is 0.0534 e. The summed E-state index contributed by atoms with van der Waals surface area (Å²) >= 11 is 0. The average molecular weight is 152 g/mol. The summed E-state index contributed by atoms with van der Waals surface area (Å²) < 4.78 is 5.35. The molecule has 0 aromatic carbocycles. The molecular weight excluding hydrogens is 136 g/mol. The first kappa shape index (κ1) is 8.54. The smallest absolute Gasteiger partial charge is 0.0534 e. The maximum absolute atomic E-state index is 5.35. The molecule has 0 aromatic rings. The molecule has 1 rings (SSSR count). The van der Waals surface area contributed by atoms with Crippen molar-refractivity contribution >= 4 is 0 Å². The summed E-state index contributed by atoms with van der Waals surface area (Å²) in [7, 11) is 0. The maximum atomic E-state index is 5.35. The van der Waals surface area contributed by atoms with E-state index in [1.807, 2.05) is 6.92 Å². The van der Waals surface area contributed by atoms with Crippen LogP contribution in [-0.4, -0.2) is 13.2 Å². The van der Waals surface area contributed by atoms with Crippen molar-refractivity contribution < 1.29 is 4.74 Å². The predicted molar refractivity (Wildman–Crippen MR) is 47.5 cm³/mol. The van der Waals surface area contributed by atoms with Crippen molar-refractivity contribution in [2.24, 2.45) is 5.92 Å². The van der Waals surface area contributed by atoms with Crippen LogP contribution in [0, 0.1) is 5.92 Å². The summed E-state index contributed by atoms with van der Waals surface area (Å²) in [6.07, 6.45) is 6.68. The lowest BCUT2D eigenvalue weighted by molar-refractivity contribution is 0.119. The molecule has 1 atom stereocenters. The number of hydrogen-bond donors (Lipinski definition) is 0. The molecule has 0 radical (unpaired) electrons. The minimum Gasteiger partial charge on any atom is -0.381 e. The summed E-state index contributed by atoms with van der Waals surface area (Å²) in [5.41, 5.74) is 1.23. The zero-order valence-electron chi connectivity index (χ0n) is 7.18. The average Bonchev–Trinajstić information content (AvgIpc) is 2.03. The largest absolute Gasteiger partial charge is 0.381 e. The van der Waals surface area contributed by atoms with Gasteiger partial charge in [0.1, 0.15) is 0 Å². The highest BCUT2D eigenvalue weighted by Gasteiger charge is 2.12. The fourth-order valence-electron chi connectivity index (χ4n) is 1.30. The first-order chi connectivity index (χ1) is 5.34. The van der Waals surface area contributed by atoms with Crippen LogP contribution in [-0.2, 0) is 4.74 Å². The fourth-order valence-corrected chi connectivity index (χ4v) is 1.30. The minimum absolute atomic E-state index is 0.569. The summed E-state index contributed by atoms with van der Waals surface area (Å²) in [5, 5.41) is 0. The van der Waals surface area contributed by atoms with Crippen LogP contribution in [0.5, 0.6) is 0 Å². The van der Waals surface area contributed by atoms with Crippen molar-refractivity contribution in [3.63, 3.8) is 0 Å². The third-order valence-corrected chi connectivity index (χ3v) is 2.06. The van der Waals surface area contributed by atoms with Gasteiger partial charge in [0.05, 0.1) is 6.61 Å². The second kappa shape index (κ2) is 4.35. The molecule has 0 saturated heterocycles. The highest BCUT2D eigenvalue weighted by Crippen LogP contribution is 2.22. The third-order valence-electron chi connectivity index (χ3n) is 2.06. The van der Waals surface area contributed by atoms with Crippen molar-refractivity contribution in [1.29, 1.82) is 0 Å². The fraction of sp³-hybridized carbons (Fsp3) is 0.600. The van der Waals surface area contributed by atoms with Gasteiger partial charge in [-0.15, -0.1) is 0 Å². The van der Waals surface area contributed by atoms with Crippen LogP contribution in [0.15, 0.2) is 24.3 Å². The van der Waals surface area contributed by atoms with E-state index in [-0.39, 0.29) is 0 Å². The van der Waals surface area contributed by atoms with Crippen molar-refractivity contribution in [1.82, 2.24) is 0 Å². The molecule has 0 aromatic heterocycles. The molecule has 1 nitrogen and oxygen atoms in total. The molecule has 1 unspecified atom stereocenters. The zero-order valence-corrected chi connectivity index (χ0v) is 7.18. The Hall–Kier alpha value is -0.560. The topological polar surface area (TPSA) is 9.23 Å². The Morgan fingerprint density at radius 3 is 3.18 bits per heavy atom. The highest BCUT2D eigenvalue weighted by atomic mass is 16.5. The van der Waals surface area contributed by atoms with Gasteiger partial charge < -0.3 is 4.74 Å². The Balaban J connectivity index is 2.33. The van der Waals surface area contributed by atoms with Crippen molar-refractivity contribution in [2.45, 2.75) is 19.8 Å². The number of hydrogen-bond acceptors (Lipinski definition) is 1. The molecule has 0 saturated carbocycles. The zero-order chi connectivity index (χ0) is 8.10. The SMILES string of the molecule is C=C1C=CCCC1COCC. The van der Waals surface area contributed by atoms with Crippen LogP contribution in [0.25, 0.3) is 0 Å².